The van der Waals surface area contributed by atoms with E-state index in [4.69, 9.17) is 21.1 Å². The summed E-state index contributed by atoms with van der Waals surface area (Å²) in [5.41, 5.74) is 2.45. The molecule has 2 aromatic rings. The molecule has 26 heavy (non-hydrogen) atoms. The van der Waals surface area contributed by atoms with Crippen LogP contribution < -0.4 is 14.9 Å². The normalized spacial score (nSPS) is 10.5. The van der Waals surface area contributed by atoms with E-state index in [9.17, 15) is 20.0 Å². The van der Waals surface area contributed by atoms with Gasteiger partial charge in [0.05, 0.1) is 23.3 Å². The molecule has 2 aromatic carbocycles. The minimum absolute atomic E-state index is 0.0216. The van der Waals surface area contributed by atoms with Gasteiger partial charge >= 0.3 is 5.69 Å². The molecule has 0 fully saturated rings. The maximum Gasteiger partial charge on any atom is 0.310 e. The Labute approximate surface area is 153 Å². The number of nitro groups is 1. The Morgan fingerprint density at radius 3 is 2.81 bits per heavy atom. The summed E-state index contributed by atoms with van der Waals surface area (Å²) >= 11 is 5.84. The predicted octanol–water partition coefficient (Wildman–Crippen LogP) is 2.49. The number of nitro benzene ring substituents is 1. The standard InChI is InChI=1S/C16H14ClN3O6/c1-25-14-7-10(6-11(17)16(14)22)8-18-19-15(21)9-26-13-5-3-2-4-12(13)20(23)24/h2-8,22H,9H2,1H3,(H,19,21)/b18-8+. The fourth-order valence-electron chi connectivity index (χ4n) is 1.91. The van der Waals surface area contributed by atoms with Gasteiger partial charge in [-0.05, 0) is 23.8 Å². The van der Waals surface area contributed by atoms with E-state index >= 15 is 0 Å². The first kappa shape index (κ1) is 19.0. The van der Waals surface area contributed by atoms with Gasteiger partial charge in [0.25, 0.3) is 5.91 Å². The molecule has 0 saturated carbocycles. The number of aromatic hydroxyl groups is 1. The van der Waals surface area contributed by atoms with Gasteiger partial charge in [0, 0.05) is 6.07 Å². The summed E-state index contributed by atoms with van der Waals surface area (Å²) in [6, 6.07) is 8.61. The maximum absolute atomic E-state index is 11.7. The molecule has 2 rings (SSSR count). The number of nitrogens with zero attached hydrogens (tertiary/aromatic N) is 2. The highest BCUT2D eigenvalue weighted by molar-refractivity contribution is 6.32. The fourth-order valence-corrected chi connectivity index (χ4v) is 2.13. The number of halogens is 1. The van der Waals surface area contributed by atoms with Gasteiger partial charge in [-0.25, -0.2) is 5.43 Å². The fraction of sp³-hybridized carbons (Fsp3) is 0.125. The molecule has 0 saturated heterocycles. The first-order valence-electron chi connectivity index (χ1n) is 7.17. The van der Waals surface area contributed by atoms with Crippen molar-refractivity contribution in [2.45, 2.75) is 0 Å². The Balaban J connectivity index is 1.94. The number of carbonyl (C=O) groups is 1. The van der Waals surface area contributed by atoms with Crippen molar-refractivity contribution in [1.82, 2.24) is 5.43 Å². The summed E-state index contributed by atoms with van der Waals surface area (Å²) in [6.45, 7) is -0.456. The monoisotopic (exact) mass is 379 g/mol. The number of nitrogens with one attached hydrogen (secondary N) is 1. The van der Waals surface area contributed by atoms with Crippen LogP contribution in [0.3, 0.4) is 0 Å². The minimum Gasteiger partial charge on any atom is -0.503 e. The SMILES string of the molecule is COc1cc(/C=N/NC(=O)COc2ccccc2[N+](=O)[O-])cc(Cl)c1O. The number of rotatable bonds is 7. The number of hydrogen-bond acceptors (Lipinski definition) is 7. The molecule has 2 N–H and O–H groups in total. The lowest BCUT2D eigenvalue weighted by Crippen LogP contribution is -2.24. The van der Waals surface area contributed by atoms with E-state index in [1.54, 1.807) is 6.07 Å². The molecule has 0 heterocycles. The summed E-state index contributed by atoms with van der Waals surface area (Å²) in [5.74, 6) is -0.680. The molecular formula is C16H14ClN3O6. The largest absolute Gasteiger partial charge is 0.503 e. The molecule has 9 nitrogen and oxygen atoms in total. The lowest BCUT2D eigenvalue weighted by atomic mass is 10.2. The quantitative estimate of drug-likeness (QED) is 0.432. The van der Waals surface area contributed by atoms with E-state index < -0.39 is 17.4 Å². The second-order valence-electron chi connectivity index (χ2n) is 4.86. The van der Waals surface area contributed by atoms with Gasteiger partial charge in [0.2, 0.25) is 0 Å². The molecule has 0 aliphatic rings. The number of para-hydroxylation sites is 2. The maximum atomic E-state index is 11.7. The van der Waals surface area contributed by atoms with Gasteiger partial charge < -0.3 is 14.6 Å². The summed E-state index contributed by atoms with van der Waals surface area (Å²) < 4.78 is 10.1. The summed E-state index contributed by atoms with van der Waals surface area (Å²) in [4.78, 5) is 22.0. The molecular weight excluding hydrogens is 366 g/mol. The van der Waals surface area contributed by atoms with Gasteiger partial charge in [-0.15, -0.1) is 0 Å². The predicted molar refractivity (Wildman–Crippen MR) is 94.0 cm³/mol. The van der Waals surface area contributed by atoms with Crippen molar-refractivity contribution in [2.24, 2.45) is 5.10 Å². The number of methoxy groups -OCH3 is 1. The molecule has 0 unspecified atom stereocenters. The van der Waals surface area contributed by atoms with Gasteiger partial charge in [-0.1, -0.05) is 23.7 Å². The Kier molecular flexibility index (Phi) is 6.34. The van der Waals surface area contributed by atoms with Gasteiger partial charge in [0.15, 0.2) is 23.9 Å². The van der Waals surface area contributed by atoms with E-state index in [0.717, 1.165) is 0 Å². The van der Waals surface area contributed by atoms with Crippen LogP contribution >= 0.6 is 11.6 Å². The average Bonchev–Trinajstić information content (AvgIpc) is 2.62. The van der Waals surface area contributed by atoms with Crippen molar-refractivity contribution >= 4 is 29.4 Å². The zero-order chi connectivity index (χ0) is 19.1. The van der Waals surface area contributed by atoms with E-state index in [0.29, 0.717) is 5.56 Å². The second-order valence-corrected chi connectivity index (χ2v) is 5.27. The van der Waals surface area contributed by atoms with Crippen molar-refractivity contribution in [2.75, 3.05) is 13.7 Å². The average molecular weight is 380 g/mol. The molecule has 10 heteroatoms. The highest BCUT2D eigenvalue weighted by atomic mass is 35.5. The Morgan fingerprint density at radius 1 is 1.38 bits per heavy atom. The van der Waals surface area contributed by atoms with Crippen LogP contribution in [0.25, 0.3) is 0 Å². The van der Waals surface area contributed by atoms with Crippen LogP contribution in [0, 0.1) is 10.1 Å². The lowest BCUT2D eigenvalue weighted by molar-refractivity contribution is -0.385. The molecule has 0 atom stereocenters. The van der Waals surface area contributed by atoms with Gasteiger partial charge in [0.1, 0.15) is 0 Å². The van der Waals surface area contributed by atoms with Crippen LogP contribution in [0.15, 0.2) is 41.5 Å². The van der Waals surface area contributed by atoms with Crippen LogP contribution in [0.4, 0.5) is 5.69 Å². The number of hydrogen-bond donors (Lipinski definition) is 2. The Hall–Kier alpha value is -3.33. The van der Waals surface area contributed by atoms with Gasteiger partial charge in [-0.3, -0.25) is 14.9 Å². The molecule has 0 radical (unpaired) electrons. The van der Waals surface area contributed by atoms with Crippen molar-refractivity contribution < 1.29 is 24.3 Å². The summed E-state index contributed by atoms with van der Waals surface area (Å²) in [7, 11) is 1.37. The first-order valence-corrected chi connectivity index (χ1v) is 7.54. The highest BCUT2D eigenvalue weighted by Gasteiger charge is 2.14. The van der Waals surface area contributed by atoms with Crippen LogP contribution in [0.2, 0.25) is 5.02 Å². The van der Waals surface area contributed by atoms with E-state index in [-0.39, 0.29) is 28.0 Å². The molecule has 0 aromatic heterocycles. The third-order valence-electron chi connectivity index (χ3n) is 3.09. The number of carbonyl (C=O) groups excluding carboxylic acids is 1. The van der Waals surface area contributed by atoms with Crippen molar-refractivity contribution in [3.05, 3.63) is 57.1 Å². The van der Waals surface area contributed by atoms with E-state index in [2.05, 4.69) is 10.5 Å². The number of benzene rings is 2. The smallest absolute Gasteiger partial charge is 0.310 e. The molecule has 136 valence electrons. The Bertz CT molecular complexity index is 856. The van der Waals surface area contributed by atoms with Crippen molar-refractivity contribution in [3.8, 4) is 17.2 Å². The van der Waals surface area contributed by atoms with Gasteiger partial charge in [-0.2, -0.15) is 5.10 Å². The van der Waals surface area contributed by atoms with Crippen molar-refractivity contribution in [3.63, 3.8) is 0 Å². The second kappa shape index (κ2) is 8.67. The third-order valence-corrected chi connectivity index (χ3v) is 3.38. The van der Waals surface area contributed by atoms with Crippen LogP contribution in [-0.2, 0) is 4.79 Å². The topological polar surface area (TPSA) is 123 Å². The van der Waals surface area contributed by atoms with Crippen LogP contribution in [0.5, 0.6) is 17.2 Å². The number of hydrazone groups is 1. The van der Waals surface area contributed by atoms with E-state index in [1.807, 2.05) is 0 Å². The van der Waals surface area contributed by atoms with Crippen LogP contribution in [0.1, 0.15) is 5.56 Å². The highest BCUT2D eigenvalue weighted by Crippen LogP contribution is 2.34. The number of phenolic OH excluding ortho intramolecular Hbond substituents is 1. The first-order chi connectivity index (χ1) is 12.4. The number of phenols is 1. The zero-order valence-electron chi connectivity index (χ0n) is 13.5. The lowest BCUT2D eigenvalue weighted by Gasteiger charge is -2.06. The summed E-state index contributed by atoms with van der Waals surface area (Å²) in [5, 5.41) is 24.3. The zero-order valence-corrected chi connectivity index (χ0v) is 14.3. The minimum atomic E-state index is -0.615. The molecule has 1 amide bonds. The molecule has 0 bridgehead atoms. The van der Waals surface area contributed by atoms with Crippen molar-refractivity contribution in [1.29, 1.82) is 0 Å². The number of amides is 1. The molecule has 0 aliphatic carbocycles. The number of ether oxygens (including phenoxy) is 2. The third kappa shape index (κ3) is 4.84. The van der Waals surface area contributed by atoms with E-state index in [1.165, 1.54) is 43.7 Å². The molecule has 0 aliphatic heterocycles. The summed E-state index contributed by atoms with van der Waals surface area (Å²) in [6.07, 6.45) is 1.29. The van der Waals surface area contributed by atoms with Crippen LogP contribution in [-0.4, -0.2) is 35.9 Å². The Morgan fingerprint density at radius 2 is 2.12 bits per heavy atom. The molecule has 0 spiro atoms.